The lowest BCUT2D eigenvalue weighted by atomic mass is 9.98. The topological polar surface area (TPSA) is 95.0 Å². The number of hydrogen-bond acceptors (Lipinski definition) is 4. The van der Waals surface area contributed by atoms with E-state index in [4.69, 9.17) is 4.74 Å². The van der Waals surface area contributed by atoms with Gasteiger partial charge in [-0.3, -0.25) is 9.79 Å². The quantitative estimate of drug-likeness (QED) is 0.139. The second kappa shape index (κ2) is 16.1. The van der Waals surface area contributed by atoms with E-state index in [0.717, 1.165) is 38.5 Å². The van der Waals surface area contributed by atoms with E-state index in [9.17, 15) is 9.90 Å². The zero-order chi connectivity index (χ0) is 21.6. The lowest BCUT2D eigenvalue weighted by molar-refractivity contribution is 0.0169. The number of carbonyl (C=O) groups is 1. The molecule has 0 heterocycles. The maximum Gasteiger partial charge on any atom is 0.251 e. The molecule has 2 rings (SSSR count). The third-order valence-electron chi connectivity index (χ3n) is 5.37. The predicted molar refractivity (Wildman–Crippen MR) is 136 cm³/mol. The summed E-state index contributed by atoms with van der Waals surface area (Å²) >= 11 is 0. The molecule has 4 N–H and O–H groups in total. The standard InChI is InChI=1S/C23H38N4O3.HI/c1-3-24-23(27-16-13-21(30-4-2)18-9-5-6-10-18)26-15-8-14-25-22(29)19-11-7-12-20(28)17-19;/h7,11-12,17-18,21,28H,3-6,8-10,13-16H2,1-2H3,(H,25,29)(H2,24,26,27);1H. The van der Waals surface area contributed by atoms with Crippen molar-refractivity contribution in [3.8, 4) is 5.75 Å². The first-order chi connectivity index (χ1) is 14.6. The molecule has 7 nitrogen and oxygen atoms in total. The predicted octanol–water partition coefficient (Wildman–Crippen LogP) is 3.67. The van der Waals surface area contributed by atoms with Crippen LogP contribution in [0.15, 0.2) is 29.3 Å². The summed E-state index contributed by atoms with van der Waals surface area (Å²) in [5.41, 5.74) is 0.458. The first kappa shape index (κ1) is 27.5. The van der Waals surface area contributed by atoms with Crippen molar-refractivity contribution in [2.45, 2.75) is 58.5 Å². The van der Waals surface area contributed by atoms with Crippen molar-refractivity contribution in [1.82, 2.24) is 16.0 Å². The van der Waals surface area contributed by atoms with Gasteiger partial charge in [-0.1, -0.05) is 18.9 Å². The van der Waals surface area contributed by atoms with E-state index < -0.39 is 0 Å². The number of aliphatic imine (C=N–C) groups is 1. The van der Waals surface area contributed by atoms with Gasteiger partial charge in [0.15, 0.2) is 5.96 Å². The number of guanidine groups is 1. The van der Waals surface area contributed by atoms with Gasteiger partial charge < -0.3 is 25.8 Å². The van der Waals surface area contributed by atoms with Crippen LogP contribution in [0.1, 0.15) is 62.7 Å². The summed E-state index contributed by atoms with van der Waals surface area (Å²) in [4.78, 5) is 16.7. The molecule has 0 bridgehead atoms. The normalized spacial score (nSPS) is 15.2. The Balaban J connectivity index is 0.00000480. The van der Waals surface area contributed by atoms with Gasteiger partial charge >= 0.3 is 0 Å². The molecule has 1 aliphatic carbocycles. The molecule has 1 saturated carbocycles. The maximum absolute atomic E-state index is 12.1. The second-order valence-corrected chi connectivity index (χ2v) is 7.67. The fourth-order valence-corrected chi connectivity index (χ4v) is 3.89. The molecule has 1 atom stereocenters. The largest absolute Gasteiger partial charge is 0.508 e. The van der Waals surface area contributed by atoms with Gasteiger partial charge in [-0.15, -0.1) is 24.0 Å². The van der Waals surface area contributed by atoms with E-state index in [1.165, 1.54) is 31.7 Å². The first-order valence-electron chi connectivity index (χ1n) is 11.3. The molecule has 0 saturated heterocycles. The number of rotatable bonds is 12. The highest BCUT2D eigenvalue weighted by Gasteiger charge is 2.25. The van der Waals surface area contributed by atoms with Crippen LogP contribution < -0.4 is 16.0 Å². The van der Waals surface area contributed by atoms with Gasteiger partial charge in [0, 0.05) is 38.3 Å². The number of nitrogens with one attached hydrogen (secondary N) is 3. The highest BCUT2D eigenvalue weighted by atomic mass is 127. The Kier molecular flexibility index (Phi) is 14.3. The Morgan fingerprint density at radius 3 is 2.65 bits per heavy atom. The summed E-state index contributed by atoms with van der Waals surface area (Å²) in [6.07, 6.45) is 7.29. The number of hydrogen-bond donors (Lipinski definition) is 4. The molecule has 0 aromatic heterocycles. The van der Waals surface area contributed by atoms with Crippen molar-refractivity contribution < 1.29 is 14.6 Å². The van der Waals surface area contributed by atoms with Crippen LogP contribution >= 0.6 is 24.0 Å². The number of nitrogens with zero attached hydrogens (tertiary/aromatic N) is 1. The first-order valence-corrected chi connectivity index (χ1v) is 11.3. The molecular weight excluding hydrogens is 507 g/mol. The number of phenols is 1. The Bertz CT molecular complexity index is 666. The minimum absolute atomic E-state index is 0. The molecular formula is C23H39IN4O3. The Labute approximate surface area is 203 Å². The Morgan fingerprint density at radius 1 is 1.19 bits per heavy atom. The number of benzene rings is 1. The summed E-state index contributed by atoms with van der Waals surface area (Å²) < 4.78 is 5.99. The zero-order valence-corrected chi connectivity index (χ0v) is 21.2. The second-order valence-electron chi connectivity index (χ2n) is 7.67. The molecule has 1 aromatic carbocycles. The molecule has 1 unspecified atom stereocenters. The van der Waals surface area contributed by atoms with Crippen LogP contribution in [0.4, 0.5) is 0 Å². The van der Waals surface area contributed by atoms with Crippen LogP contribution in [-0.4, -0.2) is 55.9 Å². The molecule has 1 aliphatic rings. The minimum atomic E-state index is -0.186. The molecule has 1 amide bonds. The third-order valence-corrected chi connectivity index (χ3v) is 5.37. The van der Waals surface area contributed by atoms with Gasteiger partial charge in [0.1, 0.15) is 5.75 Å². The minimum Gasteiger partial charge on any atom is -0.508 e. The molecule has 0 aliphatic heterocycles. The number of carbonyl (C=O) groups excluding carboxylic acids is 1. The van der Waals surface area contributed by atoms with Crippen LogP contribution in [0, 0.1) is 5.92 Å². The van der Waals surface area contributed by atoms with Crippen LogP contribution in [0.5, 0.6) is 5.75 Å². The monoisotopic (exact) mass is 546 g/mol. The zero-order valence-electron chi connectivity index (χ0n) is 18.9. The van der Waals surface area contributed by atoms with Crippen LogP contribution in [0.2, 0.25) is 0 Å². The number of aromatic hydroxyl groups is 1. The van der Waals surface area contributed by atoms with Crippen LogP contribution in [0.3, 0.4) is 0 Å². The lowest BCUT2D eigenvalue weighted by Gasteiger charge is -2.24. The van der Waals surface area contributed by atoms with Crippen molar-refractivity contribution in [3.05, 3.63) is 29.8 Å². The third kappa shape index (κ3) is 10.5. The van der Waals surface area contributed by atoms with Gasteiger partial charge in [-0.25, -0.2) is 0 Å². The van der Waals surface area contributed by atoms with Gasteiger partial charge in [0.25, 0.3) is 5.91 Å². The molecule has 1 fully saturated rings. The van der Waals surface area contributed by atoms with Gasteiger partial charge in [0.2, 0.25) is 0 Å². The average molecular weight is 546 g/mol. The number of halogens is 1. The maximum atomic E-state index is 12.1. The highest BCUT2D eigenvalue weighted by Crippen LogP contribution is 2.30. The molecule has 176 valence electrons. The fourth-order valence-electron chi connectivity index (χ4n) is 3.89. The van der Waals surface area contributed by atoms with Crippen LogP contribution in [0.25, 0.3) is 0 Å². The number of amides is 1. The van der Waals surface area contributed by atoms with E-state index >= 15 is 0 Å². The molecule has 31 heavy (non-hydrogen) atoms. The Morgan fingerprint density at radius 2 is 1.97 bits per heavy atom. The fraction of sp³-hybridized carbons (Fsp3) is 0.652. The SMILES string of the molecule is CCNC(=NCCCNC(=O)c1cccc(O)c1)NCCC(OCC)C1CCCC1.I. The Hall–Kier alpha value is -1.55. The van der Waals surface area contributed by atoms with E-state index in [-0.39, 0.29) is 35.6 Å². The smallest absolute Gasteiger partial charge is 0.251 e. The van der Waals surface area contributed by atoms with Gasteiger partial charge in [-0.05, 0) is 63.6 Å². The van der Waals surface area contributed by atoms with Crippen molar-refractivity contribution >= 4 is 35.8 Å². The average Bonchev–Trinajstić information content (AvgIpc) is 3.27. The highest BCUT2D eigenvalue weighted by molar-refractivity contribution is 14.0. The molecule has 8 heteroatoms. The number of phenolic OH excluding ortho intramolecular Hbond substituents is 1. The van der Waals surface area contributed by atoms with Crippen molar-refractivity contribution in [2.75, 3.05) is 32.8 Å². The van der Waals surface area contributed by atoms with Gasteiger partial charge in [0.05, 0.1) is 6.10 Å². The van der Waals surface area contributed by atoms with E-state index in [0.29, 0.717) is 30.7 Å². The van der Waals surface area contributed by atoms with E-state index in [1.54, 1.807) is 18.2 Å². The van der Waals surface area contributed by atoms with Crippen molar-refractivity contribution in [2.24, 2.45) is 10.9 Å². The summed E-state index contributed by atoms with van der Waals surface area (Å²) in [6.45, 7) is 7.68. The summed E-state index contributed by atoms with van der Waals surface area (Å²) in [7, 11) is 0. The van der Waals surface area contributed by atoms with Crippen LogP contribution in [-0.2, 0) is 4.74 Å². The molecule has 0 radical (unpaired) electrons. The van der Waals surface area contributed by atoms with E-state index in [1.807, 2.05) is 6.92 Å². The molecule has 0 spiro atoms. The van der Waals surface area contributed by atoms with E-state index in [2.05, 4.69) is 27.9 Å². The summed E-state index contributed by atoms with van der Waals surface area (Å²) in [5.74, 6) is 1.40. The van der Waals surface area contributed by atoms with Gasteiger partial charge in [-0.2, -0.15) is 0 Å². The molecule has 1 aromatic rings. The van der Waals surface area contributed by atoms with Crippen molar-refractivity contribution in [3.63, 3.8) is 0 Å². The lowest BCUT2D eigenvalue weighted by Crippen LogP contribution is -2.39. The number of ether oxygens (including phenoxy) is 1. The summed E-state index contributed by atoms with van der Waals surface area (Å²) in [6, 6.07) is 6.35. The summed E-state index contributed by atoms with van der Waals surface area (Å²) in [5, 5.41) is 19.0. The van der Waals surface area contributed by atoms with Crippen molar-refractivity contribution in [1.29, 1.82) is 0 Å².